The van der Waals surface area contributed by atoms with Crippen LogP contribution in [-0.2, 0) is 4.79 Å². The Bertz CT molecular complexity index is 390. The molecule has 0 N–H and O–H groups in total. The lowest BCUT2D eigenvalue weighted by atomic mass is 9.64. The van der Waals surface area contributed by atoms with E-state index in [0.29, 0.717) is 27.9 Å². The summed E-state index contributed by atoms with van der Waals surface area (Å²) >= 11 is 3.92. The average Bonchev–Trinajstić information content (AvgIpc) is 2.81. The van der Waals surface area contributed by atoms with E-state index in [2.05, 4.69) is 22.9 Å². The second kappa shape index (κ2) is 1.66. The molecule has 0 aliphatic heterocycles. The predicted molar refractivity (Wildman–Crippen MR) is 54.9 cm³/mol. The fourth-order valence-corrected chi connectivity index (χ4v) is 8.05. The van der Waals surface area contributed by atoms with E-state index in [1.54, 1.807) is 0 Å². The first-order valence-corrected chi connectivity index (χ1v) is 6.76. The molecule has 6 rings (SSSR count). The van der Waals surface area contributed by atoms with Crippen LogP contribution in [0.2, 0.25) is 0 Å². The molecule has 6 fully saturated rings. The molecule has 0 spiro atoms. The van der Waals surface area contributed by atoms with Crippen LogP contribution >= 0.6 is 15.9 Å². The van der Waals surface area contributed by atoms with Crippen molar-refractivity contribution in [2.45, 2.75) is 18.2 Å². The Morgan fingerprint density at radius 1 is 1.36 bits per heavy atom. The quantitative estimate of drug-likeness (QED) is 0.604. The van der Waals surface area contributed by atoms with Gasteiger partial charge in [-0.05, 0) is 41.4 Å². The summed E-state index contributed by atoms with van der Waals surface area (Å²) in [4.78, 5) is 12.9. The normalized spacial score (nSPS) is 80.3. The summed E-state index contributed by atoms with van der Waals surface area (Å²) in [7, 11) is 0. The summed E-state index contributed by atoms with van der Waals surface area (Å²) in [6.45, 7) is 2.40. The summed E-state index contributed by atoms with van der Waals surface area (Å²) in [5.41, 5.74) is 0.370. The average molecular weight is 253 g/mol. The van der Waals surface area contributed by atoms with Crippen LogP contribution in [0.3, 0.4) is 0 Å². The lowest BCUT2D eigenvalue weighted by Crippen LogP contribution is -2.37. The van der Waals surface area contributed by atoms with Crippen molar-refractivity contribution < 1.29 is 4.79 Å². The van der Waals surface area contributed by atoms with Crippen molar-refractivity contribution in [3.63, 3.8) is 0 Å². The number of Topliss-reactive ketones (excluding diaryl/α,β-unsaturated/α-hetero) is 1. The van der Waals surface area contributed by atoms with Gasteiger partial charge < -0.3 is 0 Å². The molecular weight excluding hydrogens is 240 g/mol. The molecule has 0 aromatic rings. The standard InChI is InChI=1S/C12H13BrO/c1-12-8-4-2-3-5(6(4)11(12)13)9(12)10(14)7(3)8/h3-9,11H,2H2,1H3/t3-,4+,5-,6+,7-,8-,9-,11-,12-/m0/s1. The third-order valence-electron chi connectivity index (χ3n) is 6.63. The van der Waals surface area contributed by atoms with Gasteiger partial charge in [-0.3, -0.25) is 4.79 Å². The molecule has 0 heterocycles. The molecule has 0 radical (unpaired) electrons. The maximum absolute atomic E-state index is 12.2. The van der Waals surface area contributed by atoms with Crippen LogP contribution in [-0.4, -0.2) is 10.6 Å². The molecule has 9 atom stereocenters. The van der Waals surface area contributed by atoms with Crippen molar-refractivity contribution in [2.24, 2.45) is 46.8 Å². The number of hydrogen-bond acceptors (Lipinski definition) is 1. The highest BCUT2D eigenvalue weighted by molar-refractivity contribution is 9.09. The van der Waals surface area contributed by atoms with Gasteiger partial charge in [-0.1, -0.05) is 22.9 Å². The van der Waals surface area contributed by atoms with Gasteiger partial charge in [0.25, 0.3) is 0 Å². The maximum Gasteiger partial charge on any atom is 0.140 e. The first-order valence-electron chi connectivity index (χ1n) is 5.85. The lowest BCUT2D eigenvalue weighted by Gasteiger charge is -2.38. The largest absolute Gasteiger partial charge is 0.299 e. The molecule has 14 heavy (non-hydrogen) atoms. The van der Waals surface area contributed by atoms with E-state index < -0.39 is 0 Å². The SMILES string of the molecule is C[C@]12[C@H]3[C@@H]4C[C@@H]5[C@@H]3C(=O)[C@@H]1[C@@H]5[C@@H]4[C@@H]2Br. The van der Waals surface area contributed by atoms with Gasteiger partial charge in [0, 0.05) is 16.7 Å². The highest BCUT2D eigenvalue weighted by Crippen LogP contribution is 2.86. The molecule has 0 aromatic carbocycles. The zero-order valence-corrected chi connectivity index (χ0v) is 9.70. The first-order chi connectivity index (χ1) is 6.67. The van der Waals surface area contributed by atoms with E-state index in [1.807, 2.05) is 0 Å². The summed E-state index contributed by atoms with van der Waals surface area (Å²) in [6, 6.07) is 0. The van der Waals surface area contributed by atoms with Crippen molar-refractivity contribution in [1.29, 1.82) is 0 Å². The van der Waals surface area contributed by atoms with Crippen molar-refractivity contribution in [3.05, 3.63) is 0 Å². The van der Waals surface area contributed by atoms with Crippen LogP contribution in [0.25, 0.3) is 0 Å². The van der Waals surface area contributed by atoms with Crippen LogP contribution in [0.5, 0.6) is 0 Å². The van der Waals surface area contributed by atoms with Crippen molar-refractivity contribution in [2.75, 3.05) is 0 Å². The van der Waals surface area contributed by atoms with Gasteiger partial charge in [-0.15, -0.1) is 0 Å². The molecule has 6 aliphatic carbocycles. The summed E-state index contributed by atoms with van der Waals surface area (Å²) < 4.78 is 0. The van der Waals surface area contributed by atoms with E-state index in [1.165, 1.54) is 6.42 Å². The molecule has 74 valence electrons. The number of ketones is 1. The highest BCUT2D eigenvalue weighted by atomic mass is 79.9. The van der Waals surface area contributed by atoms with Gasteiger partial charge in [0.2, 0.25) is 0 Å². The van der Waals surface area contributed by atoms with Crippen LogP contribution in [0.4, 0.5) is 0 Å². The zero-order chi connectivity index (χ0) is 9.40. The summed E-state index contributed by atoms with van der Waals surface area (Å²) in [5.74, 6) is 5.85. The van der Waals surface area contributed by atoms with Crippen molar-refractivity contribution in [1.82, 2.24) is 0 Å². The molecule has 0 unspecified atom stereocenters. The molecular formula is C12H13BrO. The number of halogens is 1. The minimum absolute atomic E-state index is 0.370. The van der Waals surface area contributed by atoms with Crippen LogP contribution in [0.1, 0.15) is 13.3 Å². The van der Waals surface area contributed by atoms with Crippen molar-refractivity contribution in [3.8, 4) is 0 Å². The summed E-state index contributed by atoms with van der Waals surface area (Å²) in [5, 5.41) is 0. The van der Waals surface area contributed by atoms with Crippen molar-refractivity contribution >= 4 is 21.7 Å². The number of hydrogen-bond donors (Lipinski definition) is 0. The van der Waals surface area contributed by atoms with Gasteiger partial charge in [0.05, 0.1) is 0 Å². The molecule has 6 saturated carbocycles. The van der Waals surface area contributed by atoms with E-state index in [4.69, 9.17) is 0 Å². The first kappa shape index (κ1) is 7.43. The highest BCUT2D eigenvalue weighted by Gasteiger charge is 2.87. The third kappa shape index (κ3) is 0.391. The topological polar surface area (TPSA) is 17.1 Å². The fourth-order valence-electron chi connectivity index (χ4n) is 6.72. The van der Waals surface area contributed by atoms with Gasteiger partial charge in [-0.2, -0.15) is 0 Å². The zero-order valence-electron chi connectivity index (χ0n) is 8.11. The Balaban J connectivity index is 1.92. The summed E-state index contributed by atoms with van der Waals surface area (Å²) in [6.07, 6.45) is 1.39. The number of carbonyl (C=O) groups is 1. The molecule has 6 bridgehead atoms. The predicted octanol–water partition coefficient (Wildman–Crippen LogP) is 2.10. The molecule has 1 nitrogen and oxygen atoms in total. The Morgan fingerprint density at radius 3 is 2.86 bits per heavy atom. The Hall–Kier alpha value is 0.150. The van der Waals surface area contributed by atoms with Gasteiger partial charge in [0.15, 0.2) is 0 Å². The lowest BCUT2D eigenvalue weighted by molar-refractivity contribution is -0.122. The van der Waals surface area contributed by atoms with E-state index >= 15 is 0 Å². The van der Waals surface area contributed by atoms with E-state index in [9.17, 15) is 4.79 Å². The second-order valence-corrected chi connectivity index (χ2v) is 7.40. The monoisotopic (exact) mass is 252 g/mol. The van der Waals surface area contributed by atoms with Crippen LogP contribution in [0, 0.1) is 46.8 Å². The minimum Gasteiger partial charge on any atom is -0.299 e. The second-order valence-electron chi connectivity index (χ2n) is 6.42. The Kier molecular flexibility index (Phi) is 0.883. The molecule has 0 amide bonds. The number of carbonyl (C=O) groups excluding carboxylic acids is 1. The molecule has 6 aliphatic rings. The molecule has 0 aromatic heterocycles. The fraction of sp³-hybridized carbons (Fsp3) is 0.917. The van der Waals surface area contributed by atoms with E-state index in [0.717, 1.165) is 29.6 Å². The molecule has 0 saturated heterocycles. The smallest absolute Gasteiger partial charge is 0.140 e. The Morgan fingerprint density at radius 2 is 2.14 bits per heavy atom. The van der Waals surface area contributed by atoms with Crippen LogP contribution in [0.15, 0.2) is 0 Å². The van der Waals surface area contributed by atoms with Gasteiger partial charge in [-0.25, -0.2) is 0 Å². The minimum atomic E-state index is 0.370. The van der Waals surface area contributed by atoms with Gasteiger partial charge >= 0.3 is 0 Å². The van der Waals surface area contributed by atoms with Crippen LogP contribution < -0.4 is 0 Å². The van der Waals surface area contributed by atoms with Gasteiger partial charge in [0.1, 0.15) is 5.78 Å². The molecule has 2 heteroatoms. The number of rotatable bonds is 0. The Labute approximate surface area is 91.8 Å². The number of alkyl halides is 1. The maximum atomic E-state index is 12.2. The van der Waals surface area contributed by atoms with E-state index in [-0.39, 0.29) is 0 Å². The third-order valence-corrected chi connectivity index (χ3v) is 8.22.